The third-order valence-corrected chi connectivity index (χ3v) is 4.71. The molecule has 25 heavy (non-hydrogen) atoms. The second-order valence-corrected chi connectivity index (χ2v) is 6.90. The van der Waals surface area contributed by atoms with Crippen LogP contribution >= 0.6 is 34.8 Å². The second-order valence-electron chi connectivity index (χ2n) is 5.68. The van der Waals surface area contributed by atoms with Gasteiger partial charge in [0.05, 0.1) is 22.2 Å². The lowest BCUT2D eigenvalue weighted by atomic mass is 10.2. The number of unbranched alkanes of at least 4 members (excludes halogenated alkanes) is 1. The summed E-state index contributed by atoms with van der Waals surface area (Å²) in [5.41, 5.74) is 1.96. The molecule has 0 aliphatic rings. The van der Waals surface area contributed by atoms with Gasteiger partial charge in [0.25, 0.3) is 0 Å². The molecule has 0 saturated carbocycles. The molecule has 0 saturated heterocycles. The van der Waals surface area contributed by atoms with E-state index in [1.807, 2.05) is 18.2 Å². The van der Waals surface area contributed by atoms with Crippen LogP contribution in [-0.4, -0.2) is 13.7 Å². The molecule has 136 valence electrons. The Kier molecular flexibility index (Phi) is 8.17. The maximum absolute atomic E-state index is 6.40. The van der Waals surface area contributed by atoms with Crippen LogP contribution in [0.15, 0.2) is 30.3 Å². The van der Waals surface area contributed by atoms with Crippen molar-refractivity contribution in [3.8, 4) is 11.5 Å². The van der Waals surface area contributed by atoms with Crippen molar-refractivity contribution in [2.24, 2.45) is 0 Å². The van der Waals surface area contributed by atoms with Gasteiger partial charge in [-0.15, -0.1) is 0 Å². The highest BCUT2D eigenvalue weighted by Gasteiger charge is 2.13. The highest BCUT2D eigenvalue weighted by Crippen LogP contribution is 2.37. The quantitative estimate of drug-likeness (QED) is 0.512. The number of halogens is 3. The van der Waals surface area contributed by atoms with Crippen LogP contribution in [0.4, 0.5) is 0 Å². The Balaban J connectivity index is 2.07. The van der Waals surface area contributed by atoms with E-state index in [0.29, 0.717) is 33.2 Å². The summed E-state index contributed by atoms with van der Waals surface area (Å²) in [5, 5.41) is 4.92. The Labute approximate surface area is 164 Å². The molecule has 1 N–H and O–H groups in total. The Bertz CT molecular complexity index is 707. The van der Waals surface area contributed by atoms with Crippen molar-refractivity contribution >= 4 is 34.8 Å². The van der Waals surface area contributed by atoms with Gasteiger partial charge in [-0.3, -0.25) is 0 Å². The Hall–Kier alpha value is -1.13. The summed E-state index contributed by atoms with van der Waals surface area (Å²) in [4.78, 5) is 0. The summed E-state index contributed by atoms with van der Waals surface area (Å²) in [5.74, 6) is 1.13. The van der Waals surface area contributed by atoms with E-state index in [1.165, 1.54) is 6.42 Å². The predicted octanol–water partition coefficient (Wildman–Crippen LogP) is 6.12. The van der Waals surface area contributed by atoms with Crippen molar-refractivity contribution in [2.75, 3.05) is 13.7 Å². The first-order chi connectivity index (χ1) is 12.0. The van der Waals surface area contributed by atoms with Gasteiger partial charge < -0.3 is 14.8 Å². The molecule has 0 aliphatic carbocycles. The average molecular weight is 403 g/mol. The van der Waals surface area contributed by atoms with Gasteiger partial charge in [-0.05, 0) is 48.4 Å². The number of hydrogen-bond acceptors (Lipinski definition) is 3. The van der Waals surface area contributed by atoms with Gasteiger partial charge >= 0.3 is 0 Å². The van der Waals surface area contributed by atoms with Gasteiger partial charge in [-0.25, -0.2) is 0 Å². The predicted molar refractivity (Wildman–Crippen MR) is 105 cm³/mol. The summed E-state index contributed by atoms with van der Waals surface area (Å²) < 4.78 is 11.3. The maximum Gasteiger partial charge on any atom is 0.180 e. The molecule has 3 nitrogen and oxygen atoms in total. The normalized spacial score (nSPS) is 10.8. The monoisotopic (exact) mass is 401 g/mol. The number of benzene rings is 2. The van der Waals surface area contributed by atoms with Gasteiger partial charge in [-0.2, -0.15) is 0 Å². The van der Waals surface area contributed by atoms with E-state index in [0.717, 1.165) is 30.6 Å². The standard InChI is InChI=1S/C19H22Cl3NO2/c1-3-4-7-23-11-14-9-17(22)19(18(10-14)24-2)25-12-13-5-6-15(20)16(21)8-13/h5-6,8-10,23H,3-4,7,11-12H2,1-2H3. The van der Waals surface area contributed by atoms with E-state index >= 15 is 0 Å². The van der Waals surface area contributed by atoms with Crippen molar-refractivity contribution in [3.05, 3.63) is 56.5 Å². The number of hydrogen-bond donors (Lipinski definition) is 1. The lowest BCUT2D eigenvalue weighted by Gasteiger charge is -2.15. The van der Waals surface area contributed by atoms with Crippen LogP contribution in [0.2, 0.25) is 15.1 Å². The molecule has 0 bridgehead atoms. The first-order valence-corrected chi connectivity index (χ1v) is 9.32. The van der Waals surface area contributed by atoms with Crippen LogP contribution in [0.1, 0.15) is 30.9 Å². The molecule has 2 aromatic rings. The van der Waals surface area contributed by atoms with E-state index in [-0.39, 0.29) is 0 Å². The highest BCUT2D eigenvalue weighted by molar-refractivity contribution is 6.42. The minimum Gasteiger partial charge on any atom is -0.493 e. The SMILES string of the molecule is CCCCNCc1cc(Cl)c(OCc2ccc(Cl)c(Cl)c2)c(OC)c1. The number of nitrogens with one attached hydrogen (secondary N) is 1. The fraction of sp³-hybridized carbons (Fsp3) is 0.368. The zero-order valence-electron chi connectivity index (χ0n) is 14.4. The number of rotatable bonds is 9. The van der Waals surface area contributed by atoms with Gasteiger partial charge in [-0.1, -0.05) is 54.2 Å². The molecular weight excluding hydrogens is 381 g/mol. The molecule has 0 aromatic heterocycles. The molecule has 0 radical (unpaired) electrons. The zero-order valence-corrected chi connectivity index (χ0v) is 16.6. The molecule has 6 heteroatoms. The lowest BCUT2D eigenvalue weighted by Crippen LogP contribution is -2.14. The van der Waals surface area contributed by atoms with Crippen LogP contribution < -0.4 is 14.8 Å². The largest absolute Gasteiger partial charge is 0.493 e. The van der Waals surface area contributed by atoms with E-state index in [9.17, 15) is 0 Å². The van der Waals surface area contributed by atoms with E-state index < -0.39 is 0 Å². The Morgan fingerprint density at radius 3 is 2.40 bits per heavy atom. The summed E-state index contributed by atoms with van der Waals surface area (Å²) in [7, 11) is 1.60. The highest BCUT2D eigenvalue weighted by atomic mass is 35.5. The van der Waals surface area contributed by atoms with Crippen LogP contribution in [0.3, 0.4) is 0 Å². The molecule has 0 atom stereocenters. The van der Waals surface area contributed by atoms with Crippen LogP contribution in [0.5, 0.6) is 11.5 Å². The summed E-state index contributed by atoms with van der Waals surface area (Å²) in [6.45, 7) is 4.21. The maximum atomic E-state index is 6.40. The van der Waals surface area contributed by atoms with Crippen LogP contribution in [0.25, 0.3) is 0 Å². The molecule has 0 fully saturated rings. The third-order valence-electron chi connectivity index (χ3n) is 3.69. The van der Waals surface area contributed by atoms with Gasteiger partial charge in [0, 0.05) is 6.54 Å². The molecule has 0 amide bonds. The molecular formula is C19H22Cl3NO2. The van der Waals surface area contributed by atoms with Gasteiger partial charge in [0.2, 0.25) is 0 Å². The van der Waals surface area contributed by atoms with Crippen molar-refractivity contribution in [2.45, 2.75) is 32.9 Å². The Morgan fingerprint density at radius 2 is 1.72 bits per heavy atom. The molecule has 0 unspecified atom stereocenters. The van der Waals surface area contributed by atoms with Gasteiger partial charge in [0.15, 0.2) is 11.5 Å². The zero-order chi connectivity index (χ0) is 18.2. The van der Waals surface area contributed by atoms with Crippen molar-refractivity contribution < 1.29 is 9.47 Å². The third kappa shape index (κ3) is 5.96. The second kappa shape index (κ2) is 10.1. The topological polar surface area (TPSA) is 30.5 Å². The fourth-order valence-electron chi connectivity index (χ4n) is 2.33. The molecule has 2 aromatic carbocycles. The first-order valence-electron chi connectivity index (χ1n) is 8.19. The molecule has 0 spiro atoms. The van der Waals surface area contributed by atoms with Crippen LogP contribution in [-0.2, 0) is 13.2 Å². The van der Waals surface area contributed by atoms with E-state index in [4.69, 9.17) is 44.3 Å². The van der Waals surface area contributed by atoms with Gasteiger partial charge in [0.1, 0.15) is 6.61 Å². The minimum absolute atomic E-state index is 0.321. The van der Waals surface area contributed by atoms with E-state index in [2.05, 4.69) is 12.2 Å². The first kappa shape index (κ1) is 20.2. The minimum atomic E-state index is 0.321. The smallest absolute Gasteiger partial charge is 0.180 e. The molecule has 0 aliphatic heterocycles. The molecule has 2 rings (SSSR count). The van der Waals surface area contributed by atoms with Crippen molar-refractivity contribution in [1.82, 2.24) is 5.32 Å². The average Bonchev–Trinajstić information content (AvgIpc) is 2.60. The summed E-state index contributed by atoms with van der Waals surface area (Å²) in [6, 6.07) is 9.21. The summed E-state index contributed by atoms with van der Waals surface area (Å²) in [6.07, 6.45) is 2.31. The number of methoxy groups -OCH3 is 1. The molecule has 0 heterocycles. The summed E-state index contributed by atoms with van der Waals surface area (Å²) >= 11 is 18.4. The van der Waals surface area contributed by atoms with E-state index in [1.54, 1.807) is 19.2 Å². The number of ether oxygens (including phenoxy) is 2. The van der Waals surface area contributed by atoms with Crippen molar-refractivity contribution in [1.29, 1.82) is 0 Å². The Morgan fingerprint density at radius 1 is 0.960 bits per heavy atom. The lowest BCUT2D eigenvalue weighted by molar-refractivity contribution is 0.284. The fourth-order valence-corrected chi connectivity index (χ4v) is 2.94. The van der Waals surface area contributed by atoms with Crippen molar-refractivity contribution in [3.63, 3.8) is 0 Å². The van der Waals surface area contributed by atoms with Crippen LogP contribution in [0, 0.1) is 0 Å².